The van der Waals surface area contributed by atoms with E-state index in [1.807, 2.05) is 0 Å². The van der Waals surface area contributed by atoms with Crippen molar-refractivity contribution in [2.75, 3.05) is 7.11 Å². The summed E-state index contributed by atoms with van der Waals surface area (Å²) in [5.74, 6) is 0.598. The van der Waals surface area contributed by atoms with Gasteiger partial charge < -0.3 is 9.29 Å². The molecule has 0 amide bonds. The highest BCUT2D eigenvalue weighted by atomic mass is 32.2. The van der Waals surface area contributed by atoms with E-state index in [1.54, 1.807) is 48.5 Å². The van der Waals surface area contributed by atoms with Gasteiger partial charge in [0.15, 0.2) is 11.1 Å². The molecule has 0 radical (unpaired) electrons. The second-order valence-electron chi connectivity index (χ2n) is 5.53. The summed E-state index contributed by atoms with van der Waals surface area (Å²) in [6.07, 6.45) is -2.70. The molecule has 0 aliphatic heterocycles. The highest BCUT2D eigenvalue weighted by Crippen LogP contribution is 2.29. The average Bonchev–Trinajstić information content (AvgIpc) is 3.07. The lowest BCUT2D eigenvalue weighted by molar-refractivity contribution is 0.145. The average molecular weight is 378 g/mol. The van der Waals surface area contributed by atoms with Gasteiger partial charge in [0.25, 0.3) is 6.43 Å². The lowest BCUT2D eigenvalue weighted by Crippen LogP contribution is -2.00. The molecule has 26 heavy (non-hydrogen) atoms. The zero-order valence-electron chi connectivity index (χ0n) is 13.8. The van der Waals surface area contributed by atoms with Crippen molar-refractivity contribution in [3.05, 3.63) is 65.9 Å². The second-order valence-corrected chi connectivity index (χ2v) is 6.46. The molecule has 2 aromatic carbocycles. The Bertz CT molecular complexity index is 926. The lowest BCUT2D eigenvalue weighted by atomic mass is 10.1. The van der Waals surface area contributed by atoms with Crippen LogP contribution in [-0.4, -0.2) is 25.7 Å². The quantitative estimate of drug-likeness (QED) is 0.653. The number of aromatic nitrogens is 2. The fraction of sp³-hybridized carbons (Fsp3) is 0.167. The van der Waals surface area contributed by atoms with Crippen molar-refractivity contribution >= 4 is 11.1 Å². The third-order valence-electron chi connectivity index (χ3n) is 3.79. The van der Waals surface area contributed by atoms with Crippen molar-refractivity contribution in [1.82, 2.24) is 9.78 Å². The molecular formula is C18H16F2N2O3S. The Morgan fingerprint density at radius 1 is 1.19 bits per heavy atom. The summed E-state index contributed by atoms with van der Waals surface area (Å²) in [7, 11) is 1.53. The van der Waals surface area contributed by atoms with Crippen LogP contribution in [0.1, 0.15) is 17.7 Å². The number of benzene rings is 2. The number of nitrogens with zero attached hydrogens (tertiary/aromatic N) is 2. The maximum atomic E-state index is 13.2. The molecule has 0 aliphatic carbocycles. The molecule has 1 atom stereocenters. The Morgan fingerprint density at radius 3 is 2.54 bits per heavy atom. The number of alkyl halides is 2. The van der Waals surface area contributed by atoms with Crippen LogP contribution in [-0.2, 0) is 16.8 Å². The van der Waals surface area contributed by atoms with Crippen LogP contribution < -0.4 is 4.74 Å². The van der Waals surface area contributed by atoms with Crippen molar-refractivity contribution < 1.29 is 22.3 Å². The SMILES string of the molecule is COc1cccc(-n2nc(C(F)F)cc2-c2ccc(CS(=O)O)cc2)c1. The monoisotopic (exact) mass is 378 g/mol. The zero-order chi connectivity index (χ0) is 18.7. The first-order valence-electron chi connectivity index (χ1n) is 7.67. The molecule has 0 spiro atoms. The topological polar surface area (TPSA) is 64.4 Å². The van der Waals surface area contributed by atoms with E-state index in [9.17, 15) is 13.0 Å². The minimum absolute atomic E-state index is 0.0116. The van der Waals surface area contributed by atoms with Crippen molar-refractivity contribution in [3.63, 3.8) is 0 Å². The van der Waals surface area contributed by atoms with Gasteiger partial charge in [0.2, 0.25) is 0 Å². The van der Waals surface area contributed by atoms with Gasteiger partial charge in [-0.2, -0.15) is 5.10 Å². The zero-order valence-corrected chi connectivity index (χ0v) is 14.6. The minimum Gasteiger partial charge on any atom is -0.497 e. The maximum absolute atomic E-state index is 13.2. The van der Waals surface area contributed by atoms with Gasteiger partial charge in [0, 0.05) is 11.6 Å². The summed E-state index contributed by atoms with van der Waals surface area (Å²) >= 11 is -1.94. The van der Waals surface area contributed by atoms with Crippen molar-refractivity contribution in [3.8, 4) is 22.7 Å². The van der Waals surface area contributed by atoms with E-state index in [0.29, 0.717) is 28.3 Å². The van der Waals surface area contributed by atoms with Crippen LogP contribution in [0.4, 0.5) is 8.78 Å². The first-order valence-corrected chi connectivity index (χ1v) is 8.95. The van der Waals surface area contributed by atoms with E-state index < -0.39 is 17.5 Å². The molecule has 0 saturated heterocycles. The molecular weight excluding hydrogens is 362 g/mol. The Hall–Kier alpha value is -2.58. The van der Waals surface area contributed by atoms with Crippen LogP contribution >= 0.6 is 0 Å². The van der Waals surface area contributed by atoms with Gasteiger partial charge in [-0.05, 0) is 23.8 Å². The standard InChI is InChI=1S/C18H16F2N2O3S/c1-25-15-4-2-3-14(9-15)22-17(10-16(21-22)18(19)20)13-7-5-12(6-8-13)11-26(23)24/h2-10,18H,11H2,1H3,(H,23,24). The summed E-state index contributed by atoms with van der Waals surface area (Å²) in [5, 5.41) is 4.03. The normalized spacial score (nSPS) is 12.3. The van der Waals surface area contributed by atoms with Gasteiger partial charge in [-0.25, -0.2) is 17.7 Å². The second kappa shape index (κ2) is 7.76. The summed E-state index contributed by atoms with van der Waals surface area (Å²) in [6.45, 7) is 0. The Kier molecular flexibility index (Phi) is 5.43. The molecule has 0 saturated carbocycles. The van der Waals surface area contributed by atoms with Crippen LogP contribution in [0.2, 0.25) is 0 Å². The molecule has 1 unspecified atom stereocenters. The fourth-order valence-electron chi connectivity index (χ4n) is 2.57. The van der Waals surface area contributed by atoms with Gasteiger partial charge in [0.05, 0.1) is 24.2 Å². The molecule has 1 aromatic heterocycles. The van der Waals surface area contributed by atoms with Gasteiger partial charge in [-0.1, -0.05) is 30.3 Å². The van der Waals surface area contributed by atoms with Crippen LogP contribution in [0.3, 0.4) is 0 Å². The minimum atomic E-state index is -2.70. The summed E-state index contributed by atoms with van der Waals surface area (Å²) in [6, 6.07) is 15.1. The predicted molar refractivity (Wildman–Crippen MR) is 95.0 cm³/mol. The molecule has 1 heterocycles. The third kappa shape index (κ3) is 3.97. The molecule has 0 bridgehead atoms. The van der Waals surface area contributed by atoms with Gasteiger partial charge in [0.1, 0.15) is 11.4 Å². The Balaban J connectivity index is 2.06. The van der Waals surface area contributed by atoms with E-state index in [0.717, 1.165) is 0 Å². The predicted octanol–water partition coefficient (Wildman–Crippen LogP) is 4.21. The molecule has 0 fully saturated rings. The van der Waals surface area contributed by atoms with E-state index in [4.69, 9.17) is 9.29 Å². The maximum Gasteiger partial charge on any atom is 0.282 e. The number of methoxy groups -OCH3 is 1. The molecule has 8 heteroatoms. The number of ether oxygens (including phenoxy) is 1. The van der Waals surface area contributed by atoms with Gasteiger partial charge in [-0.15, -0.1) is 0 Å². The van der Waals surface area contributed by atoms with E-state index in [1.165, 1.54) is 17.9 Å². The van der Waals surface area contributed by atoms with Crippen LogP contribution in [0.25, 0.3) is 16.9 Å². The van der Waals surface area contributed by atoms with Crippen molar-refractivity contribution in [2.24, 2.45) is 0 Å². The van der Waals surface area contributed by atoms with E-state index in [-0.39, 0.29) is 11.4 Å². The number of hydrogen-bond acceptors (Lipinski definition) is 3. The van der Waals surface area contributed by atoms with Crippen LogP contribution in [0.15, 0.2) is 54.6 Å². The van der Waals surface area contributed by atoms with Crippen molar-refractivity contribution in [1.29, 1.82) is 0 Å². The molecule has 3 aromatic rings. The fourth-order valence-corrected chi connectivity index (χ4v) is 3.04. The third-order valence-corrected chi connectivity index (χ3v) is 4.37. The molecule has 1 N–H and O–H groups in total. The lowest BCUT2D eigenvalue weighted by Gasteiger charge is -2.09. The van der Waals surface area contributed by atoms with E-state index in [2.05, 4.69) is 5.10 Å². The summed E-state index contributed by atoms with van der Waals surface area (Å²) in [5.41, 5.74) is 2.09. The Labute approximate surface area is 151 Å². The molecule has 0 aliphatic rings. The smallest absolute Gasteiger partial charge is 0.282 e. The first-order chi connectivity index (χ1) is 12.5. The van der Waals surface area contributed by atoms with Crippen LogP contribution in [0.5, 0.6) is 5.75 Å². The summed E-state index contributed by atoms with van der Waals surface area (Å²) < 4.78 is 52.9. The largest absolute Gasteiger partial charge is 0.497 e. The van der Waals surface area contributed by atoms with E-state index >= 15 is 0 Å². The Morgan fingerprint density at radius 2 is 1.92 bits per heavy atom. The molecule has 136 valence electrons. The molecule has 5 nitrogen and oxygen atoms in total. The first kappa shape index (κ1) is 18.2. The van der Waals surface area contributed by atoms with Crippen LogP contribution in [0, 0.1) is 0 Å². The number of rotatable bonds is 6. The van der Waals surface area contributed by atoms with Crippen molar-refractivity contribution in [2.45, 2.75) is 12.2 Å². The van der Waals surface area contributed by atoms with Gasteiger partial charge in [-0.3, -0.25) is 0 Å². The number of hydrogen-bond donors (Lipinski definition) is 1. The van der Waals surface area contributed by atoms with Gasteiger partial charge >= 0.3 is 0 Å². The number of halogens is 2. The highest BCUT2D eigenvalue weighted by Gasteiger charge is 2.18. The summed E-state index contributed by atoms with van der Waals surface area (Å²) in [4.78, 5) is 0. The highest BCUT2D eigenvalue weighted by molar-refractivity contribution is 7.78. The molecule has 3 rings (SSSR count).